The van der Waals surface area contributed by atoms with Crippen LogP contribution in [0.25, 0.3) is 0 Å². The first-order valence-electron chi connectivity index (χ1n) is 7.36. The number of rotatable bonds is 4. The van der Waals surface area contributed by atoms with Gasteiger partial charge in [0.1, 0.15) is 0 Å². The van der Waals surface area contributed by atoms with Gasteiger partial charge in [-0.05, 0) is 58.8 Å². The molecule has 0 unspecified atom stereocenters. The number of amides is 1. The van der Waals surface area contributed by atoms with E-state index in [1.807, 2.05) is 12.1 Å². The number of carbonyl (C=O) groups excluding carboxylic acids is 1. The van der Waals surface area contributed by atoms with E-state index in [2.05, 4.69) is 40.8 Å². The number of nitrogens with one attached hydrogen (secondary N) is 1. The van der Waals surface area contributed by atoms with Crippen LogP contribution in [0.4, 0.5) is 0 Å². The molecule has 20 heavy (non-hydrogen) atoms. The molecule has 2 nitrogen and oxygen atoms in total. The summed E-state index contributed by atoms with van der Waals surface area (Å²) in [6, 6.07) is 5.54. The quantitative estimate of drug-likeness (QED) is 0.754. The summed E-state index contributed by atoms with van der Waals surface area (Å²) in [4.78, 5) is 13.0. The molecule has 1 aromatic carbocycles. The van der Waals surface area contributed by atoms with Gasteiger partial charge in [0.25, 0.3) is 5.91 Å². The van der Waals surface area contributed by atoms with Crippen LogP contribution in [-0.2, 0) is 0 Å². The highest BCUT2D eigenvalue weighted by Gasteiger charge is 2.20. The van der Waals surface area contributed by atoms with Gasteiger partial charge in [-0.15, -0.1) is 12.6 Å². The number of halogens is 1. The molecule has 0 heterocycles. The predicted molar refractivity (Wildman–Crippen MR) is 89.5 cm³/mol. The van der Waals surface area contributed by atoms with Gasteiger partial charge in [-0.2, -0.15) is 0 Å². The van der Waals surface area contributed by atoms with Crippen molar-refractivity contribution in [1.82, 2.24) is 5.32 Å². The third-order valence-electron chi connectivity index (χ3n) is 4.29. The van der Waals surface area contributed by atoms with Gasteiger partial charge in [0.2, 0.25) is 0 Å². The molecular formula is C16H22BrNOS. The van der Waals surface area contributed by atoms with Crippen LogP contribution in [0.1, 0.15) is 49.4 Å². The molecule has 1 aromatic rings. The lowest BCUT2D eigenvalue weighted by atomic mass is 9.81. The molecule has 0 saturated heterocycles. The SMILES string of the molecule is CCC1CCC(CNC(=O)c2cc(S)ccc2Br)CC1. The van der Waals surface area contributed by atoms with E-state index in [1.54, 1.807) is 6.07 Å². The summed E-state index contributed by atoms with van der Waals surface area (Å²) in [6.45, 7) is 3.06. The molecule has 1 aliphatic rings. The second-order valence-electron chi connectivity index (χ2n) is 5.67. The van der Waals surface area contributed by atoms with E-state index in [0.29, 0.717) is 11.5 Å². The van der Waals surface area contributed by atoms with Crippen LogP contribution in [-0.4, -0.2) is 12.5 Å². The predicted octanol–water partition coefficient (Wildman–Crippen LogP) is 4.68. The first-order valence-corrected chi connectivity index (χ1v) is 8.61. The maximum Gasteiger partial charge on any atom is 0.252 e. The Bertz CT molecular complexity index is 470. The lowest BCUT2D eigenvalue weighted by Gasteiger charge is -2.27. The zero-order valence-corrected chi connectivity index (χ0v) is 14.3. The Morgan fingerprint density at radius 3 is 2.60 bits per heavy atom. The Balaban J connectivity index is 1.85. The highest BCUT2D eigenvalue weighted by atomic mass is 79.9. The summed E-state index contributed by atoms with van der Waals surface area (Å²) in [6.07, 6.45) is 6.40. The second-order valence-corrected chi connectivity index (χ2v) is 7.04. The third kappa shape index (κ3) is 4.26. The minimum absolute atomic E-state index is 0.00890. The Kier molecular flexibility index (Phi) is 5.97. The Hall–Kier alpha value is -0.480. The van der Waals surface area contributed by atoms with Crippen molar-refractivity contribution < 1.29 is 4.79 Å². The number of carbonyl (C=O) groups is 1. The molecule has 1 amide bonds. The topological polar surface area (TPSA) is 29.1 Å². The van der Waals surface area contributed by atoms with Crippen molar-refractivity contribution in [2.45, 2.75) is 43.9 Å². The van der Waals surface area contributed by atoms with Crippen molar-refractivity contribution in [2.24, 2.45) is 11.8 Å². The van der Waals surface area contributed by atoms with Crippen LogP contribution in [0.15, 0.2) is 27.6 Å². The molecule has 2 rings (SSSR count). The molecular weight excluding hydrogens is 334 g/mol. The highest BCUT2D eigenvalue weighted by molar-refractivity contribution is 9.10. The molecule has 0 spiro atoms. The molecule has 0 aliphatic heterocycles. The standard InChI is InChI=1S/C16H22BrNOS/c1-2-11-3-5-12(6-4-11)10-18-16(19)14-9-13(20)7-8-15(14)17/h7-9,11-12,20H,2-6,10H2,1H3,(H,18,19). The monoisotopic (exact) mass is 355 g/mol. The number of thiol groups is 1. The highest BCUT2D eigenvalue weighted by Crippen LogP contribution is 2.30. The molecule has 0 atom stereocenters. The molecule has 1 fully saturated rings. The fraction of sp³-hybridized carbons (Fsp3) is 0.562. The average Bonchev–Trinajstić information content (AvgIpc) is 2.47. The smallest absolute Gasteiger partial charge is 0.252 e. The van der Waals surface area contributed by atoms with Gasteiger partial charge in [-0.3, -0.25) is 4.79 Å². The molecule has 1 aliphatic carbocycles. The summed E-state index contributed by atoms with van der Waals surface area (Å²) in [5.74, 6) is 1.53. The van der Waals surface area contributed by atoms with Gasteiger partial charge < -0.3 is 5.32 Å². The van der Waals surface area contributed by atoms with E-state index in [1.165, 1.54) is 32.1 Å². The van der Waals surface area contributed by atoms with Crippen molar-refractivity contribution in [3.8, 4) is 0 Å². The summed E-state index contributed by atoms with van der Waals surface area (Å²) >= 11 is 7.70. The maximum absolute atomic E-state index is 12.2. The maximum atomic E-state index is 12.2. The molecule has 0 radical (unpaired) electrons. The Morgan fingerprint density at radius 2 is 1.95 bits per heavy atom. The van der Waals surface area contributed by atoms with Gasteiger partial charge >= 0.3 is 0 Å². The largest absolute Gasteiger partial charge is 0.352 e. The van der Waals surface area contributed by atoms with Gasteiger partial charge in [0.15, 0.2) is 0 Å². The summed E-state index contributed by atoms with van der Waals surface area (Å²) in [7, 11) is 0. The summed E-state index contributed by atoms with van der Waals surface area (Å²) in [5.41, 5.74) is 0.666. The van der Waals surface area contributed by atoms with Crippen LogP contribution in [0.3, 0.4) is 0 Å². The van der Waals surface area contributed by atoms with Crippen molar-refractivity contribution >= 4 is 34.5 Å². The van der Waals surface area contributed by atoms with Gasteiger partial charge in [-0.25, -0.2) is 0 Å². The number of hydrogen-bond acceptors (Lipinski definition) is 2. The first-order chi connectivity index (χ1) is 9.60. The average molecular weight is 356 g/mol. The Labute approximate surface area is 135 Å². The number of hydrogen-bond donors (Lipinski definition) is 2. The summed E-state index contributed by atoms with van der Waals surface area (Å²) < 4.78 is 0.822. The van der Waals surface area contributed by atoms with Gasteiger partial charge in [0, 0.05) is 15.9 Å². The van der Waals surface area contributed by atoms with Gasteiger partial charge in [-0.1, -0.05) is 26.2 Å². The van der Waals surface area contributed by atoms with E-state index in [0.717, 1.165) is 21.8 Å². The zero-order valence-electron chi connectivity index (χ0n) is 11.9. The first kappa shape index (κ1) is 15.9. The van der Waals surface area contributed by atoms with Crippen LogP contribution in [0.5, 0.6) is 0 Å². The molecule has 110 valence electrons. The lowest BCUT2D eigenvalue weighted by molar-refractivity contribution is 0.0940. The summed E-state index contributed by atoms with van der Waals surface area (Å²) in [5, 5.41) is 3.07. The van der Waals surface area contributed by atoms with Crippen LogP contribution >= 0.6 is 28.6 Å². The fourth-order valence-electron chi connectivity index (χ4n) is 2.86. The molecule has 1 N–H and O–H groups in total. The minimum Gasteiger partial charge on any atom is -0.352 e. The van der Waals surface area contributed by atoms with Crippen LogP contribution in [0.2, 0.25) is 0 Å². The van der Waals surface area contributed by atoms with E-state index in [4.69, 9.17) is 0 Å². The van der Waals surface area contributed by atoms with Crippen molar-refractivity contribution in [3.63, 3.8) is 0 Å². The van der Waals surface area contributed by atoms with Crippen molar-refractivity contribution in [1.29, 1.82) is 0 Å². The van der Waals surface area contributed by atoms with Crippen LogP contribution < -0.4 is 5.32 Å². The van der Waals surface area contributed by atoms with Crippen LogP contribution in [0, 0.1) is 11.8 Å². The molecule has 1 saturated carbocycles. The molecule has 0 bridgehead atoms. The molecule has 4 heteroatoms. The number of benzene rings is 1. The van der Waals surface area contributed by atoms with Gasteiger partial charge in [0.05, 0.1) is 5.56 Å². The van der Waals surface area contributed by atoms with Crippen molar-refractivity contribution in [3.05, 3.63) is 28.2 Å². The van der Waals surface area contributed by atoms with E-state index < -0.39 is 0 Å². The third-order valence-corrected chi connectivity index (χ3v) is 5.26. The Morgan fingerprint density at radius 1 is 1.30 bits per heavy atom. The second kappa shape index (κ2) is 7.51. The molecule has 0 aromatic heterocycles. The lowest BCUT2D eigenvalue weighted by Crippen LogP contribution is -2.31. The van der Waals surface area contributed by atoms with E-state index in [-0.39, 0.29) is 5.91 Å². The van der Waals surface area contributed by atoms with Crippen molar-refractivity contribution in [2.75, 3.05) is 6.54 Å². The minimum atomic E-state index is -0.00890. The fourth-order valence-corrected chi connectivity index (χ4v) is 3.49. The van der Waals surface area contributed by atoms with E-state index in [9.17, 15) is 4.79 Å². The zero-order chi connectivity index (χ0) is 14.5. The van der Waals surface area contributed by atoms with E-state index >= 15 is 0 Å². The normalized spacial score (nSPS) is 22.6.